The van der Waals surface area contributed by atoms with Gasteiger partial charge in [-0.25, -0.2) is 0 Å². The molecule has 5 heteroatoms. The van der Waals surface area contributed by atoms with E-state index in [0.717, 1.165) is 16.4 Å². The maximum absolute atomic E-state index is 12.1. The monoisotopic (exact) mass is 338 g/mol. The minimum absolute atomic E-state index is 0.302. The molecule has 0 N–H and O–H groups in total. The molecule has 1 heterocycles. The Morgan fingerprint density at radius 2 is 1.93 bits per heavy atom. The van der Waals surface area contributed by atoms with Crippen molar-refractivity contribution < 1.29 is 29.9 Å². The summed E-state index contributed by atoms with van der Waals surface area (Å²) in [5.41, 5.74) is 1.09. The molecule has 3 nitrogen and oxygen atoms in total. The molecule has 15 heavy (non-hydrogen) atoms. The summed E-state index contributed by atoms with van der Waals surface area (Å²) >= 11 is -0.302. The van der Waals surface area contributed by atoms with Crippen molar-refractivity contribution in [1.82, 2.24) is 2.52 Å². The van der Waals surface area contributed by atoms with Crippen LogP contribution in [0.3, 0.4) is 0 Å². The fraction of sp³-hybridized carbons (Fsp3) is 0.400. The van der Waals surface area contributed by atoms with E-state index in [1.165, 1.54) is 0 Å². The van der Waals surface area contributed by atoms with Crippen LogP contribution in [-0.2, 0) is 10.0 Å². The Kier molecular flexibility index (Phi) is 3.32. The van der Waals surface area contributed by atoms with Crippen molar-refractivity contribution in [3.63, 3.8) is 0 Å². The standard InChI is InChI=1S/C10H13INO2S/c1-9-3-5-10(6-4-9)15(13,14)12-8-2-7-11-12/h3-6H,2,7-8H2,1H3/q-1. The van der Waals surface area contributed by atoms with Crippen LogP contribution in [0.4, 0.5) is 0 Å². The van der Waals surface area contributed by atoms with Crippen molar-refractivity contribution >= 4 is 10.0 Å². The molecule has 1 aromatic rings. The van der Waals surface area contributed by atoms with Gasteiger partial charge in [0.05, 0.1) is 0 Å². The molecule has 0 atom stereocenters. The van der Waals surface area contributed by atoms with Crippen LogP contribution in [0.15, 0.2) is 29.2 Å². The number of hydrogen-bond acceptors (Lipinski definition) is 2. The van der Waals surface area contributed by atoms with Crippen LogP contribution in [-0.4, -0.2) is 21.9 Å². The SMILES string of the molecule is Cc1ccc(S(=O)(=O)N2CCC[I-]2)cc1. The van der Waals surface area contributed by atoms with Gasteiger partial charge in [-0.2, -0.15) is 0 Å². The molecular formula is C10H13INO2S-. The number of rotatable bonds is 2. The molecule has 0 unspecified atom stereocenters. The zero-order valence-corrected chi connectivity index (χ0v) is 11.5. The second kappa shape index (κ2) is 4.39. The first-order chi connectivity index (χ1) is 7.10. The third-order valence-electron chi connectivity index (χ3n) is 2.27. The van der Waals surface area contributed by atoms with Gasteiger partial charge in [-0.15, -0.1) is 0 Å². The van der Waals surface area contributed by atoms with Crippen LogP contribution in [0.2, 0.25) is 0 Å². The van der Waals surface area contributed by atoms with E-state index in [0.29, 0.717) is 11.4 Å². The fourth-order valence-corrected chi connectivity index (χ4v) is 6.76. The third kappa shape index (κ3) is 2.34. The van der Waals surface area contributed by atoms with E-state index in [1.807, 2.05) is 19.1 Å². The van der Waals surface area contributed by atoms with Crippen molar-refractivity contribution in [3.8, 4) is 0 Å². The first kappa shape index (κ1) is 11.3. The van der Waals surface area contributed by atoms with Gasteiger partial charge in [0.2, 0.25) is 0 Å². The summed E-state index contributed by atoms with van der Waals surface area (Å²) in [6, 6.07) is 7.10. The molecule has 0 aromatic heterocycles. The van der Waals surface area contributed by atoms with Crippen molar-refractivity contribution in [2.24, 2.45) is 0 Å². The molecule has 1 aromatic carbocycles. The van der Waals surface area contributed by atoms with E-state index in [1.54, 1.807) is 14.7 Å². The van der Waals surface area contributed by atoms with E-state index in [-0.39, 0.29) is 21.5 Å². The van der Waals surface area contributed by atoms with Gasteiger partial charge in [0.25, 0.3) is 0 Å². The molecule has 1 aliphatic rings. The van der Waals surface area contributed by atoms with Gasteiger partial charge in [0.1, 0.15) is 0 Å². The predicted octanol–water partition coefficient (Wildman–Crippen LogP) is -1.61. The van der Waals surface area contributed by atoms with Gasteiger partial charge >= 0.3 is 101 Å². The normalized spacial score (nSPS) is 18.7. The molecule has 84 valence electrons. The fourth-order valence-electron chi connectivity index (χ4n) is 1.41. The Morgan fingerprint density at radius 3 is 2.47 bits per heavy atom. The first-order valence-corrected chi connectivity index (χ1v) is 8.72. The number of alkyl halides is 1. The molecule has 0 amide bonds. The average molecular weight is 338 g/mol. The van der Waals surface area contributed by atoms with Crippen LogP contribution in [0.5, 0.6) is 0 Å². The van der Waals surface area contributed by atoms with Gasteiger partial charge in [0, 0.05) is 0 Å². The third-order valence-corrected chi connectivity index (χ3v) is 8.54. The van der Waals surface area contributed by atoms with Crippen LogP contribution in [0.1, 0.15) is 12.0 Å². The van der Waals surface area contributed by atoms with E-state index in [4.69, 9.17) is 0 Å². The van der Waals surface area contributed by atoms with Gasteiger partial charge in [0.15, 0.2) is 0 Å². The number of halogens is 1. The van der Waals surface area contributed by atoms with Crippen LogP contribution in [0.25, 0.3) is 0 Å². The van der Waals surface area contributed by atoms with Crippen molar-refractivity contribution in [1.29, 1.82) is 0 Å². The van der Waals surface area contributed by atoms with Crippen LogP contribution < -0.4 is 21.5 Å². The van der Waals surface area contributed by atoms with Gasteiger partial charge in [-0.05, 0) is 0 Å². The first-order valence-electron chi connectivity index (χ1n) is 4.79. The van der Waals surface area contributed by atoms with Gasteiger partial charge in [-0.3, -0.25) is 0 Å². The second-order valence-electron chi connectivity index (χ2n) is 3.49. The van der Waals surface area contributed by atoms with Crippen LogP contribution >= 0.6 is 0 Å². The molecule has 0 aliphatic carbocycles. The zero-order chi connectivity index (χ0) is 10.9. The Bertz CT molecular complexity index is 435. The van der Waals surface area contributed by atoms with Crippen LogP contribution in [0, 0.1) is 6.92 Å². The zero-order valence-electron chi connectivity index (χ0n) is 8.48. The summed E-state index contributed by atoms with van der Waals surface area (Å²) in [4.78, 5) is 0.440. The molecule has 0 radical (unpaired) electrons. The van der Waals surface area contributed by atoms with E-state index < -0.39 is 10.0 Å². The Balaban J connectivity index is 2.32. The molecule has 1 fully saturated rings. The summed E-state index contributed by atoms with van der Waals surface area (Å²) in [6.07, 6.45) is 1.03. The Labute approximate surface area is 101 Å². The molecule has 0 saturated carbocycles. The average Bonchev–Trinajstić information content (AvgIpc) is 2.71. The summed E-state index contributed by atoms with van der Waals surface area (Å²) in [7, 11) is -3.17. The maximum atomic E-state index is 12.1. The van der Waals surface area contributed by atoms with E-state index in [9.17, 15) is 8.42 Å². The summed E-state index contributed by atoms with van der Waals surface area (Å²) < 4.78 is 27.0. The molecular weight excluding hydrogens is 325 g/mol. The second-order valence-corrected chi connectivity index (χ2v) is 8.93. The van der Waals surface area contributed by atoms with Gasteiger partial charge in [-0.1, -0.05) is 0 Å². The van der Waals surface area contributed by atoms with E-state index in [2.05, 4.69) is 0 Å². The Hall–Kier alpha value is -0.140. The predicted molar refractivity (Wildman–Crippen MR) is 54.6 cm³/mol. The van der Waals surface area contributed by atoms with Gasteiger partial charge < -0.3 is 0 Å². The molecule has 0 bridgehead atoms. The summed E-state index contributed by atoms with van der Waals surface area (Å²) in [5.74, 6) is 0. The van der Waals surface area contributed by atoms with Crippen molar-refractivity contribution in [2.45, 2.75) is 18.2 Å². The van der Waals surface area contributed by atoms with Crippen molar-refractivity contribution in [3.05, 3.63) is 29.8 Å². The number of nitrogens with zero attached hydrogens (tertiary/aromatic N) is 1. The van der Waals surface area contributed by atoms with Crippen molar-refractivity contribution in [2.75, 3.05) is 11.0 Å². The minimum atomic E-state index is -3.17. The molecule has 1 aliphatic heterocycles. The molecule has 1 saturated heterocycles. The number of aryl methyl sites for hydroxylation is 1. The topological polar surface area (TPSA) is 37.4 Å². The number of sulfonamides is 1. The number of benzene rings is 1. The summed E-state index contributed by atoms with van der Waals surface area (Å²) in [6.45, 7) is 2.67. The Morgan fingerprint density at radius 1 is 1.27 bits per heavy atom. The quantitative estimate of drug-likeness (QED) is 0.370. The molecule has 0 spiro atoms. The summed E-state index contributed by atoms with van der Waals surface area (Å²) in [5, 5.41) is 0. The molecule has 2 rings (SSSR count). The number of hydrogen-bond donors (Lipinski definition) is 0. The van der Waals surface area contributed by atoms with E-state index >= 15 is 0 Å².